The second-order valence-corrected chi connectivity index (χ2v) is 5.10. The van der Waals surface area contributed by atoms with Gasteiger partial charge in [-0.05, 0) is 32.0 Å². The lowest BCUT2D eigenvalue weighted by molar-refractivity contribution is 0.259. The number of benzene rings is 2. The van der Waals surface area contributed by atoms with Gasteiger partial charge in [-0.2, -0.15) is 0 Å². The van der Waals surface area contributed by atoms with Crippen LogP contribution in [0.4, 0.5) is 4.39 Å². The fourth-order valence-corrected chi connectivity index (χ4v) is 2.25. The molecule has 0 aliphatic carbocycles. The van der Waals surface area contributed by atoms with E-state index in [0.29, 0.717) is 0 Å². The lowest BCUT2D eigenvalue weighted by atomic mass is 10.1. The molecule has 0 saturated heterocycles. The molecule has 2 nitrogen and oxygen atoms in total. The van der Waals surface area contributed by atoms with E-state index in [2.05, 4.69) is 17.0 Å². The Balaban J connectivity index is 1.99. The molecule has 0 fully saturated rings. The largest absolute Gasteiger partial charge is 0.508 e. The molecule has 0 bridgehead atoms. The number of likely N-dealkylation sites (N-methyl/N-ethyl adjacent to an activating group) is 1. The smallest absolute Gasteiger partial charge is 0.126 e. The van der Waals surface area contributed by atoms with E-state index in [9.17, 15) is 9.50 Å². The topological polar surface area (TPSA) is 23.5 Å². The summed E-state index contributed by atoms with van der Waals surface area (Å²) in [6.45, 7) is 2.89. The van der Waals surface area contributed by atoms with Crippen LogP contribution in [0.3, 0.4) is 0 Å². The third-order valence-electron chi connectivity index (χ3n) is 3.70. The van der Waals surface area contributed by atoms with Crippen molar-refractivity contribution in [2.75, 3.05) is 13.6 Å². The number of hydrogen-bond acceptors (Lipinski definition) is 2. The molecule has 0 aliphatic rings. The Morgan fingerprint density at radius 1 is 1.15 bits per heavy atom. The number of rotatable bonds is 5. The number of aromatic hydroxyl groups is 1. The van der Waals surface area contributed by atoms with Crippen LogP contribution in [0.2, 0.25) is 0 Å². The van der Waals surface area contributed by atoms with E-state index >= 15 is 0 Å². The summed E-state index contributed by atoms with van der Waals surface area (Å²) in [6.07, 6.45) is 0.948. The van der Waals surface area contributed by atoms with E-state index in [-0.39, 0.29) is 11.8 Å². The molecule has 0 heterocycles. The van der Waals surface area contributed by atoms with Crippen LogP contribution in [0.5, 0.6) is 5.75 Å². The number of phenols is 1. The Labute approximate surface area is 119 Å². The van der Waals surface area contributed by atoms with Gasteiger partial charge in [0, 0.05) is 24.2 Å². The minimum Gasteiger partial charge on any atom is -0.508 e. The van der Waals surface area contributed by atoms with Crippen molar-refractivity contribution in [3.05, 3.63) is 65.5 Å². The molecule has 3 heteroatoms. The zero-order valence-corrected chi connectivity index (χ0v) is 11.9. The number of nitrogens with zero attached hydrogens (tertiary/aromatic N) is 1. The maximum atomic E-state index is 13.0. The maximum absolute atomic E-state index is 13.0. The molecule has 106 valence electrons. The molecular formula is C17H20FNO. The standard InChI is InChI=1S/C17H20FNO/c1-13(16-9-8-15(18)12-17(16)20)19(2)11-10-14-6-4-3-5-7-14/h3-9,12-13,20H,10-11H2,1-2H3. The predicted molar refractivity (Wildman–Crippen MR) is 79.3 cm³/mol. The van der Waals surface area contributed by atoms with E-state index in [1.165, 1.54) is 11.6 Å². The molecule has 0 radical (unpaired) electrons. The molecule has 20 heavy (non-hydrogen) atoms. The second-order valence-electron chi connectivity index (χ2n) is 5.10. The lowest BCUT2D eigenvalue weighted by Crippen LogP contribution is -2.25. The first-order valence-electron chi connectivity index (χ1n) is 6.80. The maximum Gasteiger partial charge on any atom is 0.126 e. The first-order valence-corrected chi connectivity index (χ1v) is 6.80. The van der Waals surface area contributed by atoms with Crippen LogP contribution >= 0.6 is 0 Å². The van der Waals surface area contributed by atoms with Gasteiger partial charge in [0.1, 0.15) is 11.6 Å². The van der Waals surface area contributed by atoms with Crippen molar-refractivity contribution in [1.82, 2.24) is 4.90 Å². The second kappa shape index (κ2) is 6.53. The molecule has 0 aromatic heterocycles. The van der Waals surface area contributed by atoms with Crippen molar-refractivity contribution in [1.29, 1.82) is 0 Å². The fraction of sp³-hybridized carbons (Fsp3) is 0.294. The molecule has 1 N–H and O–H groups in total. The average molecular weight is 273 g/mol. The highest BCUT2D eigenvalue weighted by atomic mass is 19.1. The third-order valence-corrected chi connectivity index (χ3v) is 3.70. The fourth-order valence-electron chi connectivity index (χ4n) is 2.25. The van der Waals surface area contributed by atoms with Crippen LogP contribution in [-0.4, -0.2) is 23.6 Å². The summed E-state index contributed by atoms with van der Waals surface area (Å²) in [4.78, 5) is 2.15. The molecule has 2 aromatic rings. The summed E-state index contributed by atoms with van der Waals surface area (Å²) < 4.78 is 13.0. The molecule has 0 spiro atoms. The van der Waals surface area contributed by atoms with Crippen molar-refractivity contribution >= 4 is 0 Å². The Kier molecular flexibility index (Phi) is 4.74. The van der Waals surface area contributed by atoms with Crippen LogP contribution in [0.1, 0.15) is 24.1 Å². The van der Waals surface area contributed by atoms with Crippen LogP contribution in [0.25, 0.3) is 0 Å². The minimum atomic E-state index is -0.412. The first kappa shape index (κ1) is 14.5. The Hall–Kier alpha value is -1.87. The van der Waals surface area contributed by atoms with Gasteiger partial charge in [-0.3, -0.25) is 4.90 Å². The molecule has 0 amide bonds. The Morgan fingerprint density at radius 3 is 2.50 bits per heavy atom. The number of halogens is 1. The van der Waals surface area contributed by atoms with Gasteiger partial charge in [-0.1, -0.05) is 36.4 Å². The van der Waals surface area contributed by atoms with Gasteiger partial charge >= 0.3 is 0 Å². The summed E-state index contributed by atoms with van der Waals surface area (Å²) in [7, 11) is 2.01. The van der Waals surface area contributed by atoms with Gasteiger partial charge in [0.05, 0.1) is 0 Å². The quantitative estimate of drug-likeness (QED) is 0.896. The normalized spacial score (nSPS) is 12.6. The van der Waals surface area contributed by atoms with Gasteiger partial charge in [-0.15, -0.1) is 0 Å². The van der Waals surface area contributed by atoms with Crippen LogP contribution in [-0.2, 0) is 6.42 Å². The minimum absolute atomic E-state index is 0.0176. The number of phenolic OH excluding ortho intramolecular Hbond substituents is 1. The average Bonchev–Trinajstić information content (AvgIpc) is 2.45. The molecule has 1 unspecified atom stereocenters. The van der Waals surface area contributed by atoms with Crippen LogP contribution in [0.15, 0.2) is 48.5 Å². The van der Waals surface area contributed by atoms with Gasteiger partial charge in [0.25, 0.3) is 0 Å². The third kappa shape index (κ3) is 3.58. The summed E-state index contributed by atoms with van der Waals surface area (Å²) in [5, 5.41) is 9.83. The van der Waals surface area contributed by atoms with Gasteiger partial charge < -0.3 is 5.11 Å². The molecular weight excluding hydrogens is 253 g/mol. The highest BCUT2D eigenvalue weighted by Gasteiger charge is 2.15. The SMILES string of the molecule is CC(c1ccc(F)cc1O)N(C)CCc1ccccc1. The monoisotopic (exact) mass is 273 g/mol. The van der Waals surface area contributed by atoms with E-state index in [0.717, 1.165) is 24.6 Å². The highest BCUT2D eigenvalue weighted by Crippen LogP contribution is 2.28. The lowest BCUT2D eigenvalue weighted by Gasteiger charge is -2.25. The highest BCUT2D eigenvalue weighted by molar-refractivity contribution is 5.34. The van der Waals surface area contributed by atoms with Gasteiger partial charge in [0.15, 0.2) is 0 Å². The van der Waals surface area contributed by atoms with Crippen molar-refractivity contribution in [2.24, 2.45) is 0 Å². The zero-order valence-electron chi connectivity index (χ0n) is 11.9. The van der Waals surface area contributed by atoms with Gasteiger partial charge in [0.2, 0.25) is 0 Å². The molecule has 1 atom stereocenters. The first-order chi connectivity index (χ1) is 9.58. The van der Waals surface area contributed by atoms with E-state index in [4.69, 9.17) is 0 Å². The van der Waals surface area contributed by atoms with Crippen molar-refractivity contribution in [2.45, 2.75) is 19.4 Å². The van der Waals surface area contributed by atoms with Crippen molar-refractivity contribution < 1.29 is 9.50 Å². The summed E-state index contributed by atoms with van der Waals surface area (Å²) in [6, 6.07) is 14.5. The number of hydrogen-bond donors (Lipinski definition) is 1. The Morgan fingerprint density at radius 2 is 1.85 bits per heavy atom. The molecule has 2 aromatic carbocycles. The molecule has 0 saturated carbocycles. The van der Waals surface area contributed by atoms with Gasteiger partial charge in [-0.25, -0.2) is 4.39 Å². The van der Waals surface area contributed by atoms with E-state index in [1.807, 2.05) is 32.2 Å². The van der Waals surface area contributed by atoms with Crippen molar-refractivity contribution in [3.8, 4) is 5.75 Å². The van der Waals surface area contributed by atoms with E-state index in [1.54, 1.807) is 6.07 Å². The molecule has 2 rings (SSSR count). The summed E-state index contributed by atoms with van der Waals surface area (Å²) >= 11 is 0. The predicted octanol–water partition coefficient (Wildman–Crippen LogP) is 3.77. The van der Waals surface area contributed by atoms with Crippen LogP contribution < -0.4 is 0 Å². The van der Waals surface area contributed by atoms with Crippen molar-refractivity contribution in [3.63, 3.8) is 0 Å². The van der Waals surface area contributed by atoms with E-state index < -0.39 is 5.82 Å². The summed E-state index contributed by atoms with van der Waals surface area (Å²) in [5.74, 6) is -0.394. The zero-order chi connectivity index (χ0) is 14.5. The summed E-state index contributed by atoms with van der Waals surface area (Å²) in [5.41, 5.74) is 2.04. The van der Waals surface area contributed by atoms with Crippen LogP contribution in [0, 0.1) is 5.82 Å². The Bertz CT molecular complexity index is 556. The molecule has 0 aliphatic heterocycles.